The molecular weight excluding hydrogens is 208 g/mol. The molecule has 0 spiro atoms. The fourth-order valence-corrected chi connectivity index (χ4v) is 3.00. The highest BCUT2D eigenvalue weighted by atomic mass is 32.1. The maximum atomic E-state index is 10.0. The van der Waals surface area contributed by atoms with E-state index in [9.17, 15) is 5.11 Å². The van der Waals surface area contributed by atoms with Gasteiger partial charge in [0.1, 0.15) is 5.01 Å². The fourth-order valence-electron chi connectivity index (χ4n) is 2.19. The first-order valence-electron chi connectivity index (χ1n) is 5.47. The molecule has 0 bridgehead atoms. The smallest absolute Gasteiger partial charge is 0.107 e. The summed E-state index contributed by atoms with van der Waals surface area (Å²) in [5, 5.41) is 13.2. The van der Waals surface area contributed by atoms with E-state index in [0.29, 0.717) is 0 Å². The lowest BCUT2D eigenvalue weighted by Gasteiger charge is -2.46. The Balaban J connectivity index is 1.80. The zero-order valence-electron chi connectivity index (χ0n) is 9.36. The first kappa shape index (κ1) is 11.0. The van der Waals surface area contributed by atoms with Crippen molar-refractivity contribution in [2.24, 2.45) is 0 Å². The molecule has 1 fully saturated rings. The molecule has 84 valence electrons. The van der Waals surface area contributed by atoms with E-state index in [0.717, 1.165) is 43.2 Å². The van der Waals surface area contributed by atoms with E-state index in [1.807, 2.05) is 6.92 Å². The molecule has 0 atom stereocenters. The van der Waals surface area contributed by atoms with Crippen LogP contribution in [0.25, 0.3) is 0 Å². The number of rotatable bonds is 4. The predicted octanol–water partition coefficient (Wildman–Crippen LogP) is 1.80. The Morgan fingerprint density at radius 1 is 1.60 bits per heavy atom. The molecule has 1 aliphatic heterocycles. The van der Waals surface area contributed by atoms with Crippen molar-refractivity contribution in [2.75, 3.05) is 13.1 Å². The van der Waals surface area contributed by atoms with Crippen LogP contribution in [0.4, 0.5) is 0 Å². The van der Waals surface area contributed by atoms with Crippen molar-refractivity contribution in [1.82, 2.24) is 9.88 Å². The summed E-state index contributed by atoms with van der Waals surface area (Å²) in [6.07, 6.45) is 1.97. The summed E-state index contributed by atoms with van der Waals surface area (Å²) in [6, 6.07) is 0. The van der Waals surface area contributed by atoms with Gasteiger partial charge in [-0.05, 0) is 13.3 Å². The van der Waals surface area contributed by atoms with Crippen LogP contribution in [-0.2, 0) is 6.54 Å². The maximum absolute atomic E-state index is 10.0. The summed E-state index contributed by atoms with van der Waals surface area (Å²) >= 11 is 1.71. The van der Waals surface area contributed by atoms with Crippen LogP contribution < -0.4 is 0 Å². The Hall–Kier alpha value is -0.450. The first-order valence-corrected chi connectivity index (χ1v) is 6.35. The molecule has 0 amide bonds. The molecular formula is C11H18N2OS. The average molecular weight is 226 g/mol. The van der Waals surface area contributed by atoms with Crippen LogP contribution >= 0.6 is 11.3 Å². The molecule has 0 radical (unpaired) electrons. The van der Waals surface area contributed by atoms with Crippen molar-refractivity contribution in [2.45, 2.75) is 38.8 Å². The van der Waals surface area contributed by atoms with Gasteiger partial charge in [0.25, 0.3) is 0 Å². The first-order chi connectivity index (χ1) is 7.11. The highest BCUT2D eigenvalue weighted by Crippen LogP contribution is 2.27. The monoisotopic (exact) mass is 226 g/mol. The average Bonchev–Trinajstić information content (AvgIpc) is 2.49. The Morgan fingerprint density at radius 2 is 2.33 bits per heavy atom. The van der Waals surface area contributed by atoms with E-state index in [-0.39, 0.29) is 0 Å². The quantitative estimate of drug-likeness (QED) is 0.850. The summed E-state index contributed by atoms with van der Waals surface area (Å²) in [7, 11) is 0. The third-order valence-corrected chi connectivity index (χ3v) is 3.73. The van der Waals surface area contributed by atoms with Crippen LogP contribution in [0.3, 0.4) is 0 Å². The minimum atomic E-state index is -0.416. The number of thiazole rings is 1. The molecule has 2 rings (SSSR count). The third-order valence-electron chi connectivity index (χ3n) is 2.78. The van der Waals surface area contributed by atoms with Gasteiger partial charge in [-0.3, -0.25) is 4.90 Å². The molecule has 0 aromatic carbocycles. The number of nitrogens with zero attached hydrogens (tertiary/aromatic N) is 2. The third kappa shape index (κ3) is 2.56. The van der Waals surface area contributed by atoms with Gasteiger partial charge < -0.3 is 5.11 Å². The number of hydrogen-bond acceptors (Lipinski definition) is 4. The minimum Gasteiger partial charge on any atom is -0.387 e. The van der Waals surface area contributed by atoms with Gasteiger partial charge in [-0.2, -0.15) is 0 Å². The highest BCUT2D eigenvalue weighted by molar-refractivity contribution is 7.09. The van der Waals surface area contributed by atoms with Crippen molar-refractivity contribution >= 4 is 11.3 Å². The number of hydrogen-bond donors (Lipinski definition) is 1. The van der Waals surface area contributed by atoms with Gasteiger partial charge in [0.2, 0.25) is 0 Å². The Kier molecular flexibility index (Phi) is 3.09. The maximum Gasteiger partial charge on any atom is 0.107 e. The Bertz CT molecular complexity index is 331. The number of aromatic nitrogens is 1. The van der Waals surface area contributed by atoms with Crippen molar-refractivity contribution in [3.8, 4) is 0 Å². The summed E-state index contributed by atoms with van der Waals surface area (Å²) in [6.45, 7) is 6.64. The second kappa shape index (κ2) is 4.20. The number of aryl methyl sites for hydroxylation is 1. The molecule has 4 heteroatoms. The Morgan fingerprint density at radius 3 is 2.87 bits per heavy atom. The molecule has 15 heavy (non-hydrogen) atoms. The van der Waals surface area contributed by atoms with Crippen LogP contribution in [0.1, 0.15) is 30.5 Å². The van der Waals surface area contributed by atoms with Gasteiger partial charge in [-0.1, -0.05) is 13.3 Å². The zero-order chi connectivity index (χ0) is 10.9. The van der Waals surface area contributed by atoms with E-state index in [1.54, 1.807) is 11.3 Å². The molecule has 0 saturated carbocycles. The standard InChI is InChI=1S/C11H18N2OS/c1-3-4-11(14)7-13(8-11)5-10-12-9(2)6-15-10/h6,14H,3-5,7-8H2,1-2H3. The number of aliphatic hydroxyl groups is 1. The second-order valence-electron chi connectivity index (χ2n) is 4.50. The molecule has 1 aromatic heterocycles. The summed E-state index contributed by atoms with van der Waals surface area (Å²) in [5.41, 5.74) is 0.681. The van der Waals surface area contributed by atoms with Crippen LogP contribution in [0.15, 0.2) is 5.38 Å². The van der Waals surface area contributed by atoms with Crippen molar-refractivity contribution < 1.29 is 5.11 Å². The molecule has 1 saturated heterocycles. The van der Waals surface area contributed by atoms with Gasteiger partial charge in [0.05, 0.1) is 12.1 Å². The van der Waals surface area contributed by atoms with Crippen molar-refractivity contribution in [3.63, 3.8) is 0 Å². The predicted molar refractivity (Wildman–Crippen MR) is 62.0 cm³/mol. The van der Waals surface area contributed by atoms with E-state index >= 15 is 0 Å². The molecule has 1 aliphatic rings. The lowest BCUT2D eigenvalue weighted by atomic mass is 9.89. The highest BCUT2D eigenvalue weighted by Gasteiger charge is 2.40. The van der Waals surface area contributed by atoms with Crippen LogP contribution in [-0.4, -0.2) is 33.7 Å². The lowest BCUT2D eigenvalue weighted by molar-refractivity contribution is -0.106. The Labute approximate surface area is 94.8 Å². The van der Waals surface area contributed by atoms with Crippen LogP contribution in [0.2, 0.25) is 0 Å². The molecule has 1 aromatic rings. The van der Waals surface area contributed by atoms with Gasteiger partial charge >= 0.3 is 0 Å². The summed E-state index contributed by atoms with van der Waals surface area (Å²) in [4.78, 5) is 6.68. The molecule has 1 N–H and O–H groups in total. The minimum absolute atomic E-state index is 0.416. The number of β-amino-alcohol motifs (C(OH)–C–C–N with tert-alkyl or cyclic N) is 1. The summed E-state index contributed by atoms with van der Waals surface area (Å²) < 4.78 is 0. The zero-order valence-corrected chi connectivity index (χ0v) is 10.2. The SMILES string of the molecule is CCCC1(O)CN(Cc2nc(C)cs2)C1. The van der Waals surface area contributed by atoms with Gasteiger partial charge in [0.15, 0.2) is 0 Å². The van der Waals surface area contributed by atoms with Crippen molar-refractivity contribution in [3.05, 3.63) is 16.1 Å². The summed E-state index contributed by atoms with van der Waals surface area (Å²) in [5.74, 6) is 0. The van der Waals surface area contributed by atoms with Crippen LogP contribution in [0.5, 0.6) is 0 Å². The molecule has 0 aliphatic carbocycles. The molecule has 2 heterocycles. The van der Waals surface area contributed by atoms with Gasteiger partial charge in [-0.25, -0.2) is 4.98 Å². The lowest BCUT2D eigenvalue weighted by Crippen LogP contribution is -2.60. The van der Waals surface area contributed by atoms with E-state index < -0.39 is 5.60 Å². The van der Waals surface area contributed by atoms with E-state index in [2.05, 4.69) is 22.2 Å². The van der Waals surface area contributed by atoms with Crippen LogP contribution in [0, 0.1) is 6.92 Å². The van der Waals surface area contributed by atoms with E-state index in [1.165, 1.54) is 0 Å². The second-order valence-corrected chi connectivity index (χ2v) is 5.44. The van der Waals surface area contributed by atoms with E-state index in [4.69, 9.17) is 0 Å². The van der Waals surface area contributed by atoms with Gasteiger partial charge in [0, 0.05) is 24.2 Å². The van der Waals surface area contributed by atoms with Gasteiger partial charge in [-0.15, -0.1) is 11.3 Å². The topological polar surface area (TPSA) is 36.4 Å². The molecule has 3 nitrogen and oxygen atoms in total. The normalized spacial score (nSPS) is 20.2. The van der Waals surface area contributed by atoms with Crippen molar-refractivity contribution in [1.29, 1.82) is 0 Å². The number of likely N-dealkylation sites (tertiary alicyclic amines) is 1. The molecule has 0 unspecified atom stereocenters. The largest absolute Gasteiger partial charge is 0.387 e. The fraction of sp³-hybridized carbons (Fsp3) is 0.727.